The number of hydrogen-bond acceptors (Lipinski definition) is 8. The maximum absolute atomic E-state index is 12.5. The molecule has 0 radical (unpaired) electrons. The van der Waals surface area contributed by atoms with Gasteiger partial charge in [-0.15, -0.1) is 0 Å². The second-order valence-corrected chi connectivity index (χ2v) is 6.90. The lowest BCUT2D eigenvalue weighted by atomic mass is 10.1. The molecule has 3 unspecified atom stereocenters. The van der Waals surface area contributed by atoms with E-state index in [1.165, 1.54) is 12.1 Å². The van der Waals surface area contributed by atoms with Crippen LogP contribution in [-0.2, 0) is 25.6 Å². The van der Waals surface area contributed by atoms with Crippen LogP contribution >= 0.6 is 12.6 Å². The summed E-state index contributed by atoms with van der Waals surface area (Å²) in [6.07, 6.45) is -0.175. The quantitative estimate of drug-likeness (QED) is 0.153. The van der Waals surface area contributed by atoms with Gasteiger partial charge in [0.1, 0.15) is 17.8 Å². The van der Waals surface area contributed by atoms with Crippen LogP contribution < -0.4 is 27.4 Å². The van der Waals surface area contributed by atoms with E-state index in [1.54, 1.807) is 12.1 Å². The fourth-order valence-electron chi connectivity index (χ4n) is 2.46. The molecule has 0 bridgehead atoms. The predicted octanol–water partition coefficient (Wildman–Crippen LogP) is -3.57. The van der Waals surface area contributed by atoms with Gasteiger partial charge in [0, 0.05) is 12.3 Å². The zero-order chi connectivity index (χ0) is 22.7. The van der Waals surface area contributed by atoms with Crippen molar-refractivity contribution in [2.75, 3.05) is 18.9 Å². The van der Waals surface area contributed by atoms with E-state index in [1.807, 2.05) is 0 Å². The van der Waals surface area contributed by atoms with Gasteiger partial charge in [-0.3, -0.25) is 20.1 Å². The molecular formula is C18H28N5O6S+. The highest BCUT2D eigenvalue weighted by Crippen LogP contribution is 2.11. The summed E-state index contributed by atoms with van der Waals surface area (Å²) in [6.45, 7) is -0.353. The first-order valence-corrected chi connectivity index (χ1v) is 9.79. The van der Waals surface area contributed by atoms with Crippen LogP contribution in [-0.4, -0.2) is 70.9 Å². The molecule has 166 valence electrons. The third kappa shape index (κ3) is 8.78. The second kappa shape index (κ2) is 12.8. The number of carbonyl (C=O) groups excluding carboxylic acids is 4. The van der Waals surface area contributed by atoms with Crippen LogP contribution in [0.4, 0.5) is 0 Å². The monoisotopic (exact) mass is 442 g/mol. The van der Waals surface area contributed by atoms with Crippen LogP contribution in [0.1, 0.15) is 12.0 Å². The standard InChI is InChI=1S/C18H27N5O6S/c19-12(7-10-1-3-11(25)4-2-10)16(27)23-14(9-30)18(29)22-13(8-15(20)26)17(28)21-5-6-24/h1-4,12-14,24-25,30H,5-9,19H2,(H2,20,26)(H,21,28)(H,22,29)(H,23,27)/p+1. The summed E-state index contributed by atoms with van der Waals surface area (Å²) in [5, 5.41) is 25.3. The minimum absolute atomic E-state index is 0.0462. The van der Waals surface area contributed by atoms with E-state index in [-0.39, 0.29) is 37.5 Å². The summed E-state index contributed by atoms with van der Waals surface area (Å²) < 4.78 is 0. The number of amides is 4. The van der Waals surface area contributed by atoms with Gasteiger partial charge >= 0.3 is 5.91 Å². The highest BCUT2D eigenvalue weighted by atomic mass is 32.1. The first-order valence-electron chi connectivity index (χ1n) is 9.16. The van der Waals surface area contributed by atoms with Crippen molar-refractivity contribution >= 4 is 36.3 Å². The summed E-state index contributed by atoms with van der Waals surface area (Å²) in [5.74, 6) is -2.55. The van der Waals surface area contributed by atoms with E-state index in [2.05, 4.69) is 34.3 Å². The Morgan fingerprint density at radius 3 is 2.17 bits per heavy atom. The molecule has 0 saturated heterocycles. The Bertz CT molecular complexity index is 745. The van der Waals surface area contributed by atoms with Gasteiger partial charge in [-0.1, -0.05) is 12.1 Å². The van der Waals surface area contributed by atoms with Gasteiger partial charge in [0.05, 0.1) is 19.1 Å². The first-order chi connectivity index (χ1) is 14.2. The molecule has 30 heavy (non-hydrogen) atoms. The zero-order valence-corrected chi connectivity index (χ0v) is 17.2. The number of nitrogens with one attached hydrogen (secondary N) is 3. The summed E-state index contributed by atoms with van der Waals surface area (Å²) in [5.41, 5.74) is 9.80. The normalized spacial score (nSPS) is 13.6. The molecule has 1 rings (SSSR count). The Morgan fingerprint density at radius 2 is 1.63 bits per heavy atom. The molecule has 0 aromatic heterocycles. The number of quaternary nitrogens is 1. The first kappa shape index (κ1) is 25.4. The molecule has 0 aliphatic carbocycles. The number of hydrogen-bond donors (Lipinski definition) is 8. The Labute approximate surface area is 179 Å². The number of thiol groups is 1. The van der Waals surface area contributed by atoms with E-state index in [0.29, 0.717) is 0 Å². The molecule has 0 saturated carbocycles. The van der Waals surface area contributed by atoms with Crippen molar-refractivity contribution in [3.8, 4) is 5.75 Å². The van der Waals surface area contributed by atoms with Crippen LogP contribution in [0.5, 0.6) is 5.75 Å². The molecule has 12 heteroatoms. The minimum atomic E-state index is -1.21. The molecule has 0 aliphatic rings. The van der Waals surface area contributed by atoms with Crippen molar-refractivity contribution in [1.82, 2.24) is 16.0 Å². The number of aliphatic hydroxyl groups excluding tert-OH is 1. The lowest BCUT2D eigenvalue weighted by molar-refractivity contribution is -0.306. The van der Waals surface area contributed by atoms with E-state index in [4.69, 9.17) is 10.8 Å². The number of phenols is 1. The summed E-state index contributed by atoms with van der Waals surface area (Å²) in [6, 6.07) is 2.91. The van der Waals surface area contributed by atoms with Gasteiger partial charge in [0.2, 0.25) is 17.7 Å². The number of benzene rings is 1. The Morgan fingerprint density at radius 1 is 1.03 bits per heavy atom. The number of aliphatic hydroxyl groups is 1. The van der Waals surface area contributed by atoms with Gasteiger partial charge in [-0.05, 0) is 24.1 Å². The largest absolute Gasteiger partial charge is 0.508 e. The molecule has 0 aliphatic heterocycles. The molecule has 0 fully saturated rings. The molecule has 3 atom stereocenters. The summed E-state index contributed by atoms with van der Waals surface area (Å²) >= 11 is 4.05. The van der Waals surface area contributed by atoms with Crippen molar-refractivity contribution < 1.29 is 35.1 Å². The van der Waals surface area contributed by atoms with Crippen LogP contribution in [0.3, 0.4) is 0 Å². The van der Waals surface area contributed by atoms with Crippen molar-refractivity contribution in [3.05, 3.63) is 29.8 Å². The van der Waals surface area contributed by atoms with Gasteiger partial charge in [-0.2, -0.15) is 12.6 Å². The molecule has 10 N–H and O–H groups in total. The average Bonchev–Trinajstić information content (AvgIpc) is 2.70. The maximum Gasteiger partial charge on any atom is 0.311 e. The summed E-state index contributed by atoms with van der Waals surface area (Å²) in [4.78, 5) is 48.2. The van der Waals surface area contributed by atoms with E-state index >= 15 is 0 Å². The van der Waals surface area contributed by atoms with E-state index in [9.17, 15) is 24.3 Å². The number of nitrogens with two attached hydrogens (primary N) is 1. The highest BCUT2D eigenvalue weighted by molar-refractivity contribution is 7.80. The van der Waals surface area contributed by atoms with Gasteiger partial charge in [0.15, 0.2) is 0 Å². The lowest BCUT2D eigenvalue weighted by Gasteiger charge is -2.22. The third-order valence-corrected chi connectivity index (χ3v) is 4.39. The number of carbonyl (C=O) groups is 4. The average molecular weight is 443 g/mol. The molecular weight excluding hydrogens is 414 g/mol. The molecule has 0 spiro atoms. The minimum Gasteiger partial charge on any atom is -0.508 e. The number of rotatable bonds is 12. The smallest absolute Gasteiger partial charge is 0.311 e. The fourth-order valence-corrected chi connectivity index (χ4v) is 2.72. The van der Waals surface area contributed by atoms with Gasteiger partial charge in [0.25, 0.3) is 0 Å². The maximum atomic E-state index is 12.5. The van der Waals surface area contributed by atoms with Gasteiger partial charge in [-0.25, -0.2) is 4.79 Å². The van der Waals surface area contributed by atoms with Crippen LogP contribution in [0.2, 0.25) is 0 Å². The fraction of sp³-hybridized carbons (Fsp3) is 0.444. The van der Waals surface area contributed by atoms with Gasteiger partial charge < -0.3 is 31.9 Å². The molecule has 1 aromatic carbocycles. The molecule has 11 nitrogen and oxygen atoms in total. The van der Waals surface area contributed by atoms with E-state index < -0.39 is 41.8 Å². The Hall–Kier alpha value is -2.67. The predicted molar refractivity (Wildman–Crippen MR) is 110 cm³/mol. The molecule has 0 heterocycles. The highest BCUT2D eigenvalue weighted by Gasteiger charge is 2.29. The van der Waals surface area contributed by atoms with Crippen LogP contribution in [0, 0.1) is 0 Å². The third-order valence-electron chi connectivity index (χ3n) is 4.02. The second-order valence-electron chi connectivity index (χ2n) is 6.54. The van der Waals surface area contributed by atoms with E-state index in [0.717, 1.165) is 5.56 Å². The van der Waals surface area contributed by atoms with Crippen molar-refractivity contribution in [2.24, 2.45) is 5.73 Å². The number of phenolic OH excluding ortho intramolecular Hbond substituents is 1. The zero-order valence-electron chi connectivity index (χ0n) is 16.3. The molecule has 4 amide bonds. The van der Waals surface area contributed by atoms with Crippen LogP contribution in [0.25, 0.3) is 0 Å². The Kier molecular flexibility index (Phi) is 10.8. The topological polar surface area (TPSA) is 198 Å². The van der Waals surface area contributed by atoms with Crippen LogP contribution in [0.15, 0.2) is 24.3 Å². The van der Waals surface area contributed by atoms with Crippen molar-refractivity contribution in [1.29, 1.82) is 0 Å². The van der Waals surface area contributed by atoms with Crippen molar-refractivity contribution in [3.63, 3.8) is 0 Å². The van der Waals surface area contributed by atoms with Crippen molar-refractivity contribution in [2.45, 2.75) is 31.0 Å². The number of aromatic hydroxyl groups is 1. The SMILES string of the molecule is NC(Cc1ccc(O)cc1)C(=O)NC(CS)C(=O)NC(CC([NH3+])=O)C(=O)NCCO. The molecule has 1 aromatic rings. The summed E-state index contributed by atoms with van der Waals surface area (Å²) in [7, 11) is 0. The lowest BCUT2D eigenvalue weighted by Crippen LogP contribution is -2.62. The Balaban J connectivity index is 2.72.